The zero-order valence-corrected chi connectivity index (χ0v) is 26.0. The molecule has 0 radical (unpaired) electrons. The fourth-order valence-electron chi connectivity index (χ4n) is 4.69. The van der Waals surface area contributed by atoms with E-state index in [2.05, 4.69) is 97.8 Å². The fourth-order valence-corrected chi connectivity index (χ4v) is 4.69. The van der Waals surface area contributed by atoms with E-state index in [-0.39, 0.29) is 0 Å². The highest BCUT2D eigenvalue weighted by atomic mass is 15.2. The van der Waals surface area contributed by atoms with Crippen LogP contribution in [0, 0.1) is 5.92 Å². The van der Waals surface area contributed by atoms with Crippen LogP contribution < -0.4 is 0 Å². The first-order valence-corrected chi connectivity index (χ1v) is 14.8. The van der Waals surface area contributed by atoms with Crippen molar-refractivity contribution in [1.82, 2.24) is 14.7 Å². The smallest absolute Gasteiger partial charge is 0.0125 e. The van der Waals surface area contributed by atoms with E-state index in [1.807, 2.05) is 0 Å². The minimum atomic E-state index is 0.403. The third-order valence-corrected chi connectivity index (χ3v) is 6.91. The molecule has 3 rings (SSSR count). The fraction of sp³-hybridized carbons (Fsp3) is 1.00. The van der Waals surface area contributed by atoms with Crippen molar-refractivity contribution >= 4 is 0 Å². The molecule has 0 unspecified atom stereocenters. The van der Waals surface area contributed by atoms with E-state index in [4.69, 9.17) is 0 Å². The van der Waals surface area contributed by atoms with Gasteiger partial charge in [0.05, 0.1) is 0 Å². The lowest BCUT2D eigenvalue weighted by Crippen LogP contribution is -2.44. The Bertz CT molecular complexity index is 391. The monoisotopic (exact) mass is 482 g/mol. The lowest BCUT2D eigenvalue weighted by atomic mass is 10.0. The van der Waals surface area contributed by atoms with E-state index < -0.39 is 0 Å². The summed E-state index contributed by atoms with van der Waals surface area (Å²) in [5.74, 6) is 0.833. The van der Waals surface area contributed by atoms with Gasteiger partial charge in [-0.25, -0.2) is 0 Å². The predicted molar refractivity (Wildman–Crippen MR) is 156 cm³/mol. The normalized spacial score (nSPS) is 21.4. The Morgan fingerprint density at radius 1 is 0.353 bits per heavy atom. The molecule has 0 bridgehead atoms. The average Bonchev–Trinajstić information content (AvgIpc) is 2.74. The molecule has 0 aliphatic carbocycles. The lowest BCUT2D eigenvalue weighted by molar-refractivity contribution is 0.110. The van der Waals surface area contributed by atoms with Crippen LogP contribution in [-0.2, 0) is 0 Å². The molecule has 3 aliphatic heterocycles. The highest BCUT2D eigenvalue weighted by molar-refractivity contribution is 4.80. The zero-order valence-electron chi connectivity index (χ0n) is 26.0. The summed E-state index contributed by atoms with van der Waals surface area (Å²) in [7, 11) is 0. The minimum absolute atomic E-state index is 0.403. The summed E-state index contributed by atoms with van der Waals surface area (Å²) in [5.41, 5.74) is 1.21. The van der Waals surface area contributed by atoms with Crippen LogP contribution in [0.3, 0.4) is 0 Å². The summed E-state index contributed by atoms with van der Waals surface area (Å²) in [6.07, 6.45) is 12.7. The van der Waals surface area contributed by atoms with E-state index in [1.165, 1.54) is 97.1 Å². The standard InChI is InChI=1S/3C9H19N.C4H10/c3*1-9(2,3)10-7-5-4-6-8-10;1-4(2)3/h3*4-8H2,1-3H3;4H,1-3H3. The van der Waals surface area contributed by atoms with Gasteiger partial charge in [0.25, 0.3) is 0 Å². The molecule has 3 fully saturated rings. The Balaban J connectivity index is 0.000000445. The molecule has 0 N–H and O–H groups in total. The van der Waals surface area contributed by atoms with Crippen LogP contribution in [0.15, 0.2) is 0 Å². The van der Waals surface area contributed by atoms with E-state index in [9.17, 15) is 0 Å². The van der Waals surface area contributed by atoms with E-state index in [1.54, 1.807) is 0 Å². The molecule has 3 saturated heterocycles. The topological polar surface area (TPSA) is 9.72 Å². The third-order valence-electron chi connectivity index (χ3n) is 6.91. The molecule has 0 aromatic rings. The van der Waals surface area contributed by atoms with E-state index >= 15 is 0 Å². The highest BCUT2D eigenvalue weighted by Crippen LogP contribution is 2.20. The first-order valence-electron chi connectivity index (χ1n) is 14.8. The first-order chi connectivity index (χ1) is 15.5. The first kappa shape index (κ1) is 33.9. The van der Waals surface area contributed by atoms with Gasteiger partial charge < -0.3 is 0 Å². The maximum atomic E-state index is 2.58. The molecular formula is C31H67N3. The van der Waals surface area contributed by atoms with Gasteiger partial charge in [-0.15, -0.1) is 0 Å². The van der Waals surface area contributed by atoms with Gasteiger partial charge in [0.1, 0.15) is 0 Å². The Morgan fingerprint density at radius 2 is 0.500 bits per heavy atom. The quantitative estimate of drug-likeness (QED) is 0.343. The molecule has 0 atom stereocenters. The van der Waals surface area contributed by atoms with Crippen LogP contribution in [0.2, 0.25) is 0 Å². The van der Waals surface area contributed by atoms with Crippen LogP contribution in [0.5, 0.6) is 0 Å². The molecule has 3 nitrogen and oxygen atoms in total. The number of nitrogens with zero attached hydrogens (tertiary/aromatic N) is 3. The summed E-state index contributed by atoms with van der Waals surface area (Å²) in [4.78, 5) is 7.74. The molecule has 0 aromatic carbocycles. The molecule has 0 amide bonds. The van der Waals surface area contributed by atoms with E-state index in [0.29, 0.717) is 16.6 Å². The minimum Gasteiger partial charge on any atom is -0.298 e. The summed E-state index contributed by atoms with van der Waals surface area (Å²) >= 11 is 0. The second-order valence-electron chi connectivity index (χ2n) is 14.4. The van der Waals surface area contributed by atoms with Gasteiger partial charge in [-0.05, 0) is 146 Å². The molecule has 3 aliphatic rings. The Kier molecular flexibility index (Phi) is 16.5. The second kappa shape index (κ2) is 16.6. The molecule has 34 heavy (non-hydrogen) atoms. The van der Waals surface area contributed by atoms with Crippen molar-refractivity contribution in [2.24, 2.45) is 5.92 Å². The van der Waals surface area contributed by atoms with Gasteiger partial charge in [0, 0.05) is 16.6 Å². The summed E-state index contributed by atoms with van der Waals surface area (Å²) in [6.45, 7) is 35.1. The number of piperidine rings is 3. The third kappa shape index (κ3) is 17.3. The van der Waals surface area contributed by atoms with Gasteiger partial charge in [-0.2, -0.15) is 0 Å². The van der Waals surface area contributed by atoms with Crippen molar-refractivity contribution in [3.63, 3.8) is 0 Å². The molecule has 3 heteroatoms. The lowest BCUT2D eigenvalue weighted by Gasteiger charge is -2.38. The Labute approximate surface area is 217 Å². The predicted octanol–water partition coefficient (Wildman–Crippen LogP) is 8.47. The van der Waals surface area contributed by atoms with Gasteiger partial charge >= 0.3 is 0 Å². The molecule has 206 valence electrons. The molecule has 3 heterocycles. The van der Waals surface area contributed by atoms with E-state index in [0.717, 1.165) is 5.92 Å². The second-order valence-corrected chi connectivity index (χ2v) is 14.4. The van der Waals surface area contributed by atoms with Crippen LogP contribution in [0.1, 0.15) is 141 Å². The summed E-state index contributed by atoms with van der Waals surface area (Å²) < 4.78 is 0. The van der Waals surface area contributed by atoms with Gasteiger partial charge in [0.15, 0.2) is 0 Å². The highest BCUT2D eigenvalue weighted by Gasteiger charge is 2.23. The number of hydrogen-bond acceptors (Lipinski definition) is 3. The van der Waals surface area contributed by atoms with Crippen molar-refractivity contribution in [2.75, 3.05) is 39.3 Å². The van der Waals surface area contributed by atoms with Gasteiger partial charge in [-0.3, -0.25) is 14.7 Å². The maximum Gasteiger partial charge on any atom is 0.0125 e. The van der Waals surface area contributed by atoms with Crippen molar-refractivity contribution in [1.29, 1.82) is 0 Å². The zero-order chi connectivity index (χ0) is 26.4. The van der Waals surface area contributed by atoms with Gasteiger partial charge in [0.2, 0.25) is 0 Å². The van der Waals surface area contributed by atoms with Crippen LogP contribution in [0.4, 0.5) is 0 Å². The number of hydrogen-bond donors (Lipinski definition) is 0. The number of rotatable bonds is 0. The van der Waals surface area contributed by atoms with Crippen molar-refractivity contribution in [3.8, 4) is 0 Å². The molecule has 0 spiro atoms. The number of likely N-dealkylation sites (tertiary alicyclic amines) is 3. The molecule has 0 saturated carbocycles. The summed E-state index contributed by atoms with van der Waals surface area (Å²) in [6, 6.07) is 0. The average molecular weight is 482 g/mol. The van der Waals surface area contributed by atoms with Crippen LogP contribution in [0.25, 0.3) is 0 Å². The molecular weight excluding hydrogens is 414 g/mol. The van der Waals surface area contributed by atoms with Crippen molar-refractivity contribution in [2.45, 2.75) is 157 Å². The van der Waals surface area contributed by atoms with Crippen molar-refractivity contribution in [3.05, 3.63) is 0 Å². The van der Waals surface area contributed by atoms with Crippen molar-refractivity contribution < 1.29 is 0 Å². The Hall–Kier alpha value is -0.120. The van der Waals surface area contributed by atoms with Crippen LogP contribution in [-0.4, -0.2) is 70.6 Å². The molecule has 0 aromatic heterocycles. The summed E-state index contributed by atoms with van der Waals surface area (Å²) in [5, 5.41) is 0. The SMILES string of the molecule is CC(C)(C)N1CCCCC1.CC(C)(C)N1CCCCC1.CC(C)(C)N1CCCCC1.CC(C)C. The Morgan fingerprint density at radius 3 is 0.588 bits per heavy atom. The maximum absolute atomic E-state index is 2.58. The van der Waals surface area contributed by atoms with Crippen LogP contribution >= 0.6 is 0 Å². The van der Waals surface area contributed by atoms with Gasteiger partial charge in [-0.1, -0.05) is 40.0 Å². The largest absolute Gasteiger partial charge is 0.298 e.